The summed E-state index contributed by atoms with van der Waals surface area (Å²) in [4.78, 5) is 22.1. The van der Waals surface area contributed by atoms with Gasteiger partial charge in [0, 0.05) is 11.1 Å². The molecule has 0 aromatic heterocycles. The Labute approximate surface area is 201 Å². The molecule has 0 bridgehead atoms. The largest absolute Gasteiger partial charge is 0.493 e. The van der Waals surface area contributed by atoms with Gasteiger partial charge in [-0.05, 0) is 37.1 Å². The Morgan fingerprint density at radius 3 is 1.09 bits per heavy atom. The second kappa shape index (κ2) is 14.7. The fraction of sp³-hybridized carbons (Fsp3) is 0.462. The molecule has 0 radical (unpaired) electrons. The van der Waals surface area contributed by atoms with Crippen LogP contribution in [0.2, 0.25) is 0 Å². The molecule has 2 aromatic rings. The van der Waals surface area contributed by atoms with Gasteiger partial charge in [-0.15, -0.1) is 0 Å². The SMILES string of the molecule is COc1cc(C=O)cc(OC)c1OCCCCCCCCOc1c(OC)cc(C=O)cc1OC. The lowest BCUT2D eigenvalue weighted by atomic mass is 10.1. The molecular weight excluding hydrogens is 440 g/mol. The summed E-state index contributed by atoms with van der Waals surface area (Å²) in [5.74, 6) is 2.96. The van der Waals surface area contributed by atoms with Crippen molar-refractivity contribution in [3.63, 3.8) is 0 Å². The average Bonchev–Trinajstić information content (AvgIpc) is 2.88. The van der Waals surface area contributed by atoms with Crippen molar-refractivity contribution in [3.8, 4) is 34.5 Å². The number of carbonyl (C=O) groups excluding carboxylic acids is 2. The third-order valence-corrected chi connectivity index (χ3v) is 5.27. The smallest absolute Gasteiger partial charge is 0.203 e. The minimum atomic E-state index is 0.472. The molecule has 186 valence electrons. The maximum atomic E-state index is 11.1. The maximum absolute atomic E-state index is 11.1. The third kappa shape index (κ3) is 7.57. The second-order valence-corrected chi connectivity index (χ2v) is 7.56. The van der Waals surface area contributed by atoms with Crippen molar-refractivity contribution in [2.24, 2.45) is 0 Å². The quantitative estimate of drug-likeness (QED) is 0.230. The molecule has 0 aliphatic carbocycles. The Morgan fingerprint density at radius 2 is 0.824 bits per heavy atom. The molecule has 8 nitrogen and oxygen atoms in total. The van der Waals surface area contributed by atoms with Crippen molar-refractivity contribution < 1.29 is 38.0 Å². The summed E-state index contributed by atoms with van der Waals surface area (Å²) in [6.07, 6.45) is 7.53. The van der Waals surface area contributed by atoms with Gasteiger partial charge in [0.1, 0.15) is 12.6 Å². The van der Waals surface area contributed by atoms with Gasteiger partial charge in [-0.1, -0.05) is 25.7 Å². The molecule has 0 saturated heterocycles. The molecule has 0 N–H and O–H groups in total. The molecule has 34 heavy (non-hydrogen) atoms. The van der Waals surface area contributed by atoms with Gasteiger partial charge in [-0.3, -0.25) is 9.59 Å². The van der Waals surface area contributed by atoms with Crippen LogP contribution in [0.4, 0.5) is 0 Å². The highest BCUT2D eigenvalue weighted by Gasteiger charge is 2.15. The van der Waals surface area contributed by atoms with Crippen LogP contribution in [0.25, 0.3) is 0 Å². The number of methoxy groups -OCH3 is 4. The van der Waals surface area contributed by atoms with Gasteiger partial charge in [0.05, 0.1) is 41.7 Å². The number of rotatable bonds is 17. The second-order valence-electron chi connectivity index (χ2n) is 7.56. The van der Waals surface area contributed by atoms with E-state index in [2.05, 4.69) is 0 Å². The van der Waals surface area contributed by atoms with Gasteiger partial charge >= 0.3 is 0 Å². The van der Waals surface area contributed by atoms with Gasteiger partial charge in [0.25, 0.3) is 0 Å². The lowest BCUT2D eigenvalue weighted by molar-refractivity contribution is 0.111. The van der Waals surface area contributed by atoms with E-state index >= 15 is 0 Å². The van der Waals surface area contributed by atoms with Gasteiger partial charge in [-0.2, -0.15) is 0 Å². The molecule has 0 unspecified atom stereocenters. The zero-order chi connectivity index (χ0) is 24.8. The standard InChI is InChI=1S/C26H34O8/c1-29-21-13-19(17-27)14-22(30-2)25(21)33-11-9-7-5-6-8-10-12-34-26-23(31-3)15-20(18-28)16-24(26)32-4/h13-18H,5-12H2,1-4H3. The molecule has 2 aromatic carbocycles. The van der Waals surface area contributed by atoms with E-state index in [9.17, 15) is 9.59 Å². The van der Waals surface area contributed by atoms with Gasteiger partial charge < -0.3 is 28.4 Å². The van der Waals surface area contributed by atoms with E-state index in [0.29, 0.717) is 58.8 Å². The Bertz CT molecular complexity index is 800. The van der Waals surface area contributed by atoms with E-state index in [1.807, 2.05) is 0 Å². The van der Waals surface area contributed by atoms with Gasteiger partial charge in [-0.25, -0.2) is 0 Å². The Balaban J connectivity index is 1.67. The Kier molecular flexibility index (Phi) is 11.6. The van der Waals surface area contributed by atoms with Crippen LogP contribution in [-0.2, 0) is 0 Å². The van der Waals surface area contributed by atoms with Crippen molar-refractivity contribution in [3.05, 3.63) is 35.4 Å². The van der Waals surface area contributed by atoms with E-state index in [4.69, 9.17) is 28.4 Å². The molecule has 0 amide bonds. The molecule has 0 aliphatic heterocycles. The molecule has 0 spiro atoms. The van der Waals surface area contributed by atoms with E-state index in [0.717, 1.165) is 51.1 Å². The lowest BCUT2D eigenvalue weighted by Gasteiger charge is -2.15. The molecule has 0 fully saturated rings. The zero-order valence-corrected chi connectivity index (χ0v) is 20.4. The summed E-state index contributed by atoms with van der Waals surface area (Å²) in [6.45, 7) is 1.07. The van der Waals surface area contributed by atoms with Crippen LogP contribution in [0, 0.1) is 0 Å². The first kappa shape index (κ1) is 26.8. The summed E-state index contributed by atoms with van der Waals surface area (Å²) in [5, 5.41) is 0. The first-order valence-corrected chi connectivity index (χ1v) is 11.3. The van der Waals surface area contributed by atoms with Gasteiger partial charge in [0.2, 0.25) is 11.5 Å². The third-order valence-electron chi connectivity index (χ3n) is 5.27. The molecule has 2 rings (SSSR count). The predicted octanol–water partition coefficient (Wildman–Crippen LogP) is 5.14. The first-order valence-electron chi connectivity index (χ1n) is 11.3. The summed E-state index contributed by atoms with van der Waals surface area (Å²) < 4.78 is 33.1. The summed E-state index contributed by atoms with van der Waals surface area (Å²) in [5.41, 5.74) is 0.944. The average molecular weight is 475 g/mol. The summed E-state index contributed by atoms with van der Waals surface area (Å²) in [7, 11) is 6.14. The fourth-order valence-corrected chi connectivity index (χ4v) is 3.48. The van der Waals surface area contributed by atoms with Crippen LogP contribution in [0.3, 0.4) is 0 Å². The number of benzene rings is 2. The number of hydrogen-bond donors (Lipinski definition) is 0. The van der Waals surface area contributed by atoms with Crippen LogP contribution in [-0.4, -0.2) is 54.2 Å². The fourth-order valence-electron chi connectivity index (χ4n) is 3.48. The minimum absolute atomic E-state index is 0.472. The zero-order valence-electron chi connectivity index (χ0n) is 20.4. The highest BCUT2D eigenvalue weighted by atomic mass is 16.5. The van der Waals surface area contributed by atoms with Gasteiger partial charge in [0.15, 0.2) is 23.0 Å². The van der Waals surface area contributed by atoms with Crippen LogP contribution >= 0.6 is 0 Å². The van der Waals surface area contributed by atoms with E-state index < -0.39 is 0 Å². The Hall–Kier alpha value is -3.42. The van der Waals surface area contributed by atoms with Crippen molar-refractivity contribution in [2.75, 3.05) is 41.7 Å². The van der Waals surface area contributed by atoms with Crippen molar-refractivity contribution in [1.29, 1.82) is 0 Å². The van der Waals surface area contributed by atoms with Crippen LogP contribution < -0.4 is 28.4 Å². The molecule has 0 saturated carbocycles. The Morgan fingerprint density at radius 1 is 0.529 bits per heavy atom. The van der Waals surface area contributed by atoms with Crippen molar-refractivity contribution in [2.45, 2.75) is 38.5 Å². The van der Waals surface area contributed by atoms with Crippen molar-refractivity contribution >= 4 is 12.6 Å². The highest BCUT2D eigenvalue weighted by molar-refractivity contribution is 5.79. The van der Waals surface area contributed by atoms with Crippen LogP contribution in [0.15, 0.2) is 24.3 Å². The number of carbonyl (C=O) groups is 2. The van der Waals surface area contributed by atoms with Crippen molar-refractivity contribution in [1.82, 2.24) is 0 Å². The van der Waals surface area contributed by atoms with E-state index in [1.54, 1.807) is 24.3 Å². The highest BCUT2D eigenvalue weighted by Crippen LogP contribution is 2.39. The molecule has 0 atom stereocenters. The van der Waals surface area contributed by atoms with Crippen LogP contribution in [0.5, 0.6) is 34.5 Å². The summed E-state index contributed by atoms with van der Waals surface area (Å²) in [6, 6.07) is 6.53. The molecular formula is C26H34O8. The topological polar surface area (TPSA) is 89.5 Å². The number of aldehydes is 2. The van der Waals surface area contributed by atoms with E-state index in [-0.39, 0.29) is 0 Å². The normalized spacial score (nSPS) is 10.4. The van der Waals surface area contributed by atoms with E-state index in [1.165, 1.54) is 28.4 Å². The number of unbranched alkanes of at least 4 members (excludes halogenated alkanes) is 5. The molecule has 0 aliphatic rings. The first-order chi connectivity index (χ1) is 16.6. The van der Waals surface area contributed by atoms with Crippen LogP contribution in [0.1, 0.15) is 59.2 Å². The molecule has 8 heteroatoms. The minimum Gasteiger partial charge on any atom is -0.493 e. The molecule has 0 heterocycles. The maximum Gasteiger partial charge on any atom is 0.203 e. The number of hydrogen-bond acceptors (Lipinski definition) is 8. The lowest BCUT2D eigenvalue weighted by Crippen LogP contribution is -2.03. The monoisotopic (exact) mass is 474 g/mol. The predicted molar refractivity (Wildman–Crippen MR) is 129 cm³/mol. The summed E-state index contributed by atoms with van der Waals surface area (Å²) >= 11 is 0. The number of ether oxygens (including phenoxy) is 6.